The zero-order chi connectivity index (χ0) is 21.8. The van der Waals surface area contributed by atoms with E-state index in [1.807, 2.05) is 6.07 Å². The first kappa shape index (κ1) is 21.5. The van der Waals surface area contributed by atoms with E-state index in [2.05, 4.69) is 62.6 Å². The lowest BCUT2D eigenvalue weighted by atomic mass is 9.43. The van der Waals surface area contributed by atoms with Gasteiger partial charge in [0.15, 0.2) is 0 Å². The van der Waals surface area contributed by atoms with Gasteiger partial charge in [0.2, 0.25) is 5.91 Å². The quantitative estimate of drug-likeness (QED) is 0.686. The predicted octanol–water partition coefficient (Wildman–Crippen LogP) is 3.58. The second-order valence-corrected chi connectivity index (χ2v) is 11.1. The third-order valence-electron chi connectivity index (χ3n) is 9.04. The Hall–Kier alpha value is -1.37. The molecule has 6 rings (SSSR count). The molecule has 31 heavy (non-hydrogen) atoms. The van der Waals surface area contributed by atoms with Crippen molar-refractivity contribution >= 4 is 13.0 Å². The molecule has 2 N–H and O–H groups in total. The summed E-state index contributed by atoms with van der Waals surface area (Å²) in [4.78, 5) is 13.0. The Bertz CT molecular complexity index is 812. The number of carbonyl (C=O) groups excluding carboxylic acids is 1. The molecule has 2 aliphatic heterocycles. The Labute approximate surface area is 187 Å². The van der Waals surface area contributed by atoms with Gasteiger partial charge in [0.05, 0.1) is 17.7 Å². The van der Waals surface area contributed by atoms with Crippen molar-refractivity contribution in [3.8, 4) is 0 Å². The zero-order valence-electron chi connectivity index (χ0n) is 19.4. The average molecular weight is 424 g/mol. The number of nitrogens with one attached hydrogen (secondary N) is 2. The molecule has 3 saturated carbocycles. The van der Waals surface area contributed by atoms with Gasteiger partial charge in [-0.15, -0.1) is 0 Å². The highest BCUT2D eigenvalue weighted by Crippen LogP contribution is 2.66. The molecule has 5 aliphatic rings. The smallest absolute Gasteiger partial charge is 0.405 e. The van der Waals surface area contributed by atoms with E-state index in [4.69, 9.17) is 9.31 Å². The Morgan fingerprint density at radius 1 is 1.26 bits per heavy atom. The van der Waals surface area contributed by atoms with Gasteiger partial charge >= 0.3 is 7.12 Å². The lowest BCUT2D eigenvalue weighted by Crippen LogP contribution is -2.65. The second kappa shape index (κ2) is 7.89. The van der Waals surface area contributed by atoms with E-state index >= 15 is 0 Å². The number of benzene rings is 1. The summed E-state index contributed by atoms with van der Waals surface area (Å²) >= 11 is 0. The van der Waals surface area contributed by atoms with Crippen LogP contribution in [0.4, 0.5) is 0 Å². The molecule has 5 nitrogen and oxygen atoms in total. The first-order chi connectivity index (χ1) is 14.8. The van der Waals surface area contributed by atoms with Gasteiger partial charge < -0.3 is 19.9 Å². The maximum Gasteiger partial charge on any atom is 0.462 e. The van der Waals surface area contributed by atoms with Crippen LogP contribution < -0.4 is 10.6 Å². The van der Waals surface area contributed by atoms with E-state index in [1.165, 1.54) is 12.0 Å². The summed E-state index contributed by atoms with van der Waals surface area (Å²) in [7, 11) is -0.282. The second-order valence-electron chi connectivity index (χ2n) is 11.1. The van der Waals surface area contributed by atoms with Crippen molar-refractivity contribution in [2.75, 3.05) is 6.54 Å². The first-order valence-electron chi connectivity index (χ1n) is 12.2. The molecule has 0 aromatic heterocycles. The van der Waals surface area contributed by atoms with Gasteiger partial charge in [0.25, 0.3) is 0 Å². The molecule has 1 aromatic carbocycles. The van der Waals surface area contributed by atoms with Gasteiger partial charge in [-0.1, -0.05) is 51.1 Å². The van der Waals surface area contributed by atoms with E-state index < -0.39 is 0 Å². The number of rotatable bonds is 6. The largest absolute Gasteiger partial charge is 0.462 e. The Morgan fingerprint density at radius 2 is 2.03 bits per heavy atom. The van der Waals surface area contributed by atoms with Gasteiger partial charge in [0.1, 0.15) is 0 Å². The fraction of sp³-hybridized carbons (Fsp3) is 0.720. The van der Waals surface area contributed by atoms with Crippen molar-refractivity contribution in [1.82, 2.24) is 10.6 Å². The minimum absolute atomic E-state index is 0.0333. The maximum absolute atomic E-state index is 13.0. The summed E-state index contributed by atoms with van der Waals surface area (Å²) in [6.45, 7) is 10.1. The monoisotopic (exact) mass is 424 g/mol. The van der Waals surface area contributed by atoms with E-state index in [0.29, 0.717) is 11.3 Å². The first-order valence-corrected chi connectivity index (χ1v) is 12.2. The third kappa shape index (κ3) is 3.65. The SMILES string of the molecule is C[C@@H](B1OC2CC3CC(C3(C)C)[C@@]2(C)O1)[C@@H](Cc1ccccc1)NC(=O)[C@@H]1CCCN1. The molecule has 3 aliphatic carbocycles. The molecule has 1 aromatic rings. The topological polar surface area (TPSA) is 59.6 Å². The van der Waals surface area contributed by atoms with Crippen LogP contribution in [-0.2, 0) is 20.5 Å². The highest BCUT2D eigenvalue weighted by molar-refractivity contribution is 6.47. The van der Waals surface area contributed by atoms with Gasteiger partial charge in [-0.05, 0) is 68.4 Å². The molecule has 1 amide bonds. The van der Waals surface area contributed by atoms with Crippen LogP contribution in [0.5, 0.6) is 0 Å². The minimum atomic E-state index is -0.282. The number of carbonyl (C=O) groups is 1. The Balaban J connectivity index is 1.33. The van der Waals surface area contributed by atoms with Crippen molar-refractivity contribution in [3.05, 3.63) is 35.9 Å². The molecule has 168 valence electrons. The molecule has 0 radical (unpaired) electrons. The van der Waals surface area contributed by atoms with E-state index in [0.717, 1.165) is 38.1 Å². The van der Waals surface area contributed by atoms with Crippen LogP contribution in [0.25, 0.3) is 0 Å². The van der Waals surface area contributed by atoms with Crippen molar-refractivity contribution in [2.24, 2.45) is 17.3 Å². The number of amides is 1. The van der Waals surface area contributed by atoms with Crippen molar-refractivity contribution < 1.29 is 14.1 Å². The van der Waals surface area contributed by atoms with Crippen LogP contribution in [0.2, 0.25) is 5.82 Å². The van der Waals surface area contributed by atoms with E-state index in [1.54, 1.807) is 0 Å². The fourth-order valence-corrected chi connectivity index (χ4v) is 6.74. The van der Waals surface area contributed by atoms with Crippen LogP contribution in [-0.4, -0.2) is 43.4 Å². The fourth-order valence-electron chi connectivity index (χ4n) is 6.74. The molecule has 2 saturated heterocycles. The normalized spacial score (nSPS) is 37.6. The summed E-state index contributed by atoms with van der Waals surface area (Å²) in [5.74, 6) is 1.45. The number of hydrogen-bond acceptors (Lipinski definition) is 4. The summed E-state index contributed by atoms with van der Waals surface area (Å²) in [5, 5.41) is 6.68. The highest BCUT2D eigenvalue weighted by Gasteiger charge is 2.68. The molecule has 5 fully saturated rings. The van der Waals surface area contributed by atoms with E-state index in [9.17, 15) is 4.79 Å². The molecule has 0 spiro atoms. The number of hydrogen-bond donors (Lipinski definition) is 2. The van der Waals surface area contributed by atoms with Gasteiger partial charge in [-0.25, -0.2) is 0 Å². The molecule has 2 bridgehead atoms. The summed E-state index contributed by atoms with van der Waals surface area (Å²) in [5.41, 5.74) is 1.34. The van der Waals surface area contributed by atoms with Crippen molar-refractivity contribution in [2.45, 2.75) is 89.4 Å². The summed E-state index contributed by atoms with van der Waals surface area (Å²) in [6.07, 6.45) is 5.26. The lowest BCUT2D eigenvalue weighted by molar-refractivity contribution is -0.199. The van der Waals surface area contributed by atoms with Crippen LogP contribution in [0.1, 0.15) is 58.9 Å². The van der Waals surface area contributed by atoms with Crippen molar-refractivity contribution in [3.63, 3.8) is 0 Å². The zero-order valence-corrected chi connectivity index (χ0v) is 19.4. The maximum atomic E-state index is 13.0. The third-order valence-corrected chi connectivity index (χ3v) is 9.04. The van der Waals surface area contributed by atoms with Crippen molar-refractivity contribution in [1.29, 1.82) is 0 Å². The van der Waals surface area contributed by atoms with Gasteiger partial charge in [-0.3, -0.25) is 4.79 Å². The lowest BCUT2D eigenvalue weighted by Gasteiger charge is -2.64. The summed E-state index contributed by atoms with van der Waals surface area (Å²) < 4.78 is 13.3. The Kier molecular flexibility index (Phi) is 5.47. The molecule has 3 unspecified atom stereocenters. The molecular weight excluding hydrogens is 387 g/mol. The molecule has 7 atom stereocenters. The van der Waals surface area contributed by atoms with Crippen LogP contribution in [0.3, 0.4) is 0 Å². The van der Waals surface area contributed by atoms with Gasteiger partial charge in [-0.2, -0.15) is 0 Å². The predicted molar refractivity (Wildman–Crippen MR) is 123 cm³/mol. The highest BCUT2D eigenvalue weighted by atomic mass is 16.7. The average Bonchev–Trinajstić information content (AvgIpc) is 3.40. The Morgan fingerprint density at radius 3 is 2.71 bits per heavy atom. The molecular formula is C25H37BN2O3. The van der Waals surface area contributed by atoms with Crippen LogP contribution >= 0.6 is 0 Å². The van der Waals surface area contributed by atoms with E-state index in [-0.39, 0.29) is 42.6 Å². The standard InChI is InChI=1S/C25H37BN2O3/c1-16(26-30-22-15-18-14-21(24(18,2)3)25(22,4)31-26)20(13-17-9-6-5-7-10-17)28-23(29)19-11-8-12-27-19/h5-7,9-10,16,18-22,27H,8,11-15H2,1-4H3,(H,28,29)/t16-,18?,19+,20-,21?,22?,25-/m1/s1. The molecule has 6 heteroatoms. The van der Waals surface area contributed by atoms with Crippen LogP contribution in [0, 0.1) is 17.3 Å². The minimum Gasteiger partial charge on any atom is -0.405 e. The van der Waals surface area contributed by atoms with Gasteiger partial charge in [0, 0.05) is 11.9 Å². The van der Waals surface area contributed by atoms with Crippen LogP contribution in [0.15, 0.2) is 30.3 Å². The summed E-state index contributed by atoms with van der Waals surface area (Å²) in [6, 6.07) is 10.3. The molecule has 2 heterocycles.